The summed E-state index contributed by atoms with van der Waals surface area (Å²) in [7, 11) is 0. The highest BCUT2D eigenvalue weighted by Crippen LogP contribution is 2.39. The van der Waals surface area contributed by atoms with Crippen LogP contribution < -0.4 is 4.74 Å². The molecule has 1 heterocycles. The molecule has 160 valence electrons. The van der Waals surface area contributed by atoms with Gasteiger partial charge < -0.3 is 4.74 Å². The summed E-state index contributed by atoms with van der Waals surface area (Å²) in [6, 6.07) is 27.3. The molecule has 32 heavy (non-hydrogen) atoms. The van der Waals surface area contributed by atoms with Crippen LogP contribution in [0, 0.1) is 0 Å². The van der Waals surface area contributed by atoms with Crippen LogP contribution in [0.25, 0.3) is 6.08 Å². The van der Waals surface area contributed by atoms with Gasteiger partial charge in [0.25, 0.3) is 5.91 Å². The van der Waals surface area contributed by atoms with Gasteiger partial charge in [0, 0.05) is 0 Å². The van der Waals surface area contributed by atoms with Gasteiger partial charge in [0.05, 0.1) is 16.6 Å². The first-order chi connectivity index (χ1) is 15.7. The van der Waals surface area contributed by atoms with Crippen molar-refractivity contribution in [3.8, 4) is 5.75 Å². The topological polar surface area (TPSA) is 41.9 Å². The molecule has 1 aliphatic rings. The van der Waals surface area contributed by atoms with Gasteiger partial charge in [-0.1, -0.05) is 73.3 Å². The summed E-state index contributed by atoms with van der Waals surface area (Å²) < 4.78 is 5.54. The molecule has 1 atom stereocenters. The number of thioether (sulfide) groups is 1. The zero-order valence-corrected chi connectivity index (χ0v) is 18.7. The van der Waals surface area contributed by atoms with Gasteiger partial charge >= 0.3 is 0 Å². The standard InChI is InChI=1S/C27H24N2O2S/c1-3-18-31-24-16-14-21(15-17-24)19-25-26(30)29(20(2)22-10-6-4-7-11-22)27(32-25)28-23-12-8-5-9-13-23/h3-17,19-20H,1,18H2,2H3/b25-19+,28-27?/t20-/m1/s1. The highest BCUT2D eigenvalue weighted by Gasteiger charge is 2.37. The third-order valence-electron chi connectivity index (χ3n) is 5.03. The van der Waals surface area contributed by atoms with Crippen LogP contribution in [0.1, 0.15) is 24.1 Å². The fourth-order valence-corrected chi connectivity index (χ4v) is 4.43. The van der Waals surface area contributed by atoms with Crippen LogP contribution in [0.2, 0.25) is 0 Å². The Kier molecular flexibility index (Phi) is 6.87. The van der Waals surface area contributed by atoms with Crippen molar-refractivity contribution < 1.29 is 9.53 Å². The molecule has 5 heteroatoms. The number of rotatable bonds is 7. The number of hydrogen-bond acceptors (Lipinski definition) is 4. The molecule has 3 aromatic carbocycles. The van der Waals surface area contributed by atoms with E-state index in [2.05, 4.69) is 6.58 Å². The Morgan fingerprint density at radius 2 is 1.66 bits per heavy atom. The van der Waals surface area contributed by atoms with Crippen LogP contribution in [-0.2, 0) is 4.79 Å². The predicted molar refractivity (Wildman–Crippen MR) is 133 cm³/mol. The molecule has 0 saturated carbocycles. The minimum atomic E-state index is -0.140. The number of nitrogens with zero attached hydrogens (tertiary/aromatic N) is 2. The number of amides is 1. The van der Waals surface area contributed by atoms with Gasteiger partial charge in [0.15, 0.2) is 5.17 Å². The molecule has 0 radical (unpaired) electrons. The molecule has 4 nitrogen and oxygen atoms in total. The van der Waals surface area contributed by atoms with E-state index in [0.29, 0.717) is 16.7 Å². The van der Waals surface area contributed by atoms with Gasteiger partial charge in [-0.15, -0.1) is 0 Å². The maximum atomic E-state index is 13.5. The summed E-state index contributed by atoms with van der Waals surface area (Å²) >= 11 is 1.40. The van der Waals surface area contributed by atoms with Crippen LogP contribution in [0.15, 0.2) is 107 Å². The smallest absolute Gasteiger partial charge is 0.267 e. The van der Waals surface area contributed by atoms with Crippen molar-refractivity contribution in [1.29, 1.82) is 0 Å². The first-order valence-corrected chi connectivity index (χ1v) is 11.2. The van der Waals surface area contributed by atoms with Crippen molar-refractivity contribution in [2.45, 2.75) is 13.0 Å². The molecule has 1 aliphatic heterocycles. The molecule has 3 aromatic rings. The summed E-state index contributed by atoms with van der Waals surface area (Å²) in [4.78, 5) is 20.7. The Morgan fingerprint density at radius 3 is 2.31 bits per heavy atom. The van der Waals surface area contributed by atoms with E-state index in [1.54, 1.807) is 11.0 Å². The maximum absolute atomic E-state index is 13.5. The third kappa shape index (κ3) is 5.01. The average molecular weight is 441 g/mol. The lowest BCUT2D eigenvalue weighted by Crippen LogP contribution is -2.32. The number of carbonyl (C=O) groups excluding carboxylic acids is 1. The monoisotopic (exact) mass is 440 g/mol. The molecule has 0 bridgehead atoms. The van der Waals surface area contributed by atoms with Gasteiger partial charge in [-0.2, -0.15) is 0 Å². The zero-order chi connectivity index (χ0) is 22.3. The van der Waals surface area contributed by atoms with Crippen molar-refractivity contribution in [2.24, 2.45) is 4.99 Å². The second-order valence-electron chi connectivity index (χ2n) is 7.27. The van der Waals surface area contributed by atoms with Crippen LogP contribution in [-0.4, -0.2) is 22.6 Å². The number of carbonyl (C=O) groups is 1. The Labute approximate surface area is 192 Å². The highest BCUT2D eigenvalue weighted by atomic mass is 32.2. The zero-order valence-electron chi connectivity index (χ0n) is 17.8. The fourth-order valence-electron chi connectivity index (χ4n) is 3.37. The summed E-state index contributed by atoms with van der Waals surface area (Å²) in [6.07, 6.45) is 3.61. The minimum absolute atomic E-state index is 0.0481. The molecule has 4 rings (SSSR count). The average Bonchev–Trinajstić information content (AvgIpc) is 3.13. The second kappa shape index (κ2) is 10.2. The first kappa shape index (κ1) is 21.7. The number of ether oxygens (including phenoxy) is 1. The molecular formula is C27H24N2O2S. The van der Waals surface area contributed by atoms with Crippen LogP contribution in [0.4, 0.5) is 5.69 Å². The number of amidine groups is 1. The number of aliphatic imine (C=N–C) groups is 1. The molecule has 1 amide bonds. The SMILES string of the molecule is C=CCOc1ccc(/C=C2/SC(=Nc3ccccc3)N([C@H](C)c3ccccc3)C2=O)cc1. The van der Waals surface area contributed by atoms with E-state index in [1.165, 1.54) is 11.8 Å². The molecule has 1 fully saturated rings. The predicted octanol–water partition coefficient (Wildman–Crippen LogP) is 6.62. The maximum Gasteiger partial charge on any atom is 0.267 e. The number of benzene rings is 3. The van der Waals surface area contributed by atoms with E-state index in [0.717, 1.165) is 22.6 Å². The van der Waals surface area contributed by atoms with Crippen LogP contribution in [0.5, 0.6) is 5.75 Å². The molecule has 0 unspecified atom stereocenters. The lowest BCUT2D eigenvalue weighted by Gasteiger charge is -2.24. The van der Waals surface area contributed by atoms with E-state index in [9.17, 15) is 4.79 Å². The highest BCUT2D eigenvalue weighted by molar-refractivity contribution is 8.18. The minimum Gasteiger partial charge on any atom is -0.490 e. The fraction of sp³-hybridized carbons (Fsp3) is 0.111. The normalized spacial score (nSPS) is 17.0. The first-order valence-electron chi connectivity index (χ1n) is 10.4. The van der Waals surface area contributed by atoms with Crippen molar-refractivity contribution in [3.05, 3.63) is 114 Å². The van der Waals surface area contributed by atoms with Gasteiger partial charge in [-0.25, -0.2) is 4.99 Å². The Bertz CT molecular complexity index is 1140. The Hall–Kier alpha value is -3.57. The largest absolute Gasteiger partial charge is 0.490 e. The third-order valence-corrected chi connectivity index (χ3v) is 6.02. The van der Waals surface area contributed by atoms with E-state index in [4.69, 9.17) is 9.73 Å². The molecule has 0 N–H and O–H groups in total. The van der Waals surface area contributed by atoms with Crippen molar-refractivity contribution >= 4 is 34.6 Å². The lowest BCUT2D eigenvalue weighted by atomic mass is 10.1. The van der Waals surface area contributed by atoms with Gasteiger partial charge in [0.2, 0.25) is 0 Å². The molecule has 0 aliphatic carbocycles. The van der Waals surface area contributed by atoms with E-state index < -0.39 is 0 Å². The van der Waals surface area contributed by atoms with Crippen molar-refractivity contribution in [3.63, 3.8) is 0 Å². The number of para-hydroxylation sites is 1. The number of hydrogen-bond donors (Lipinski definition) is 0. The van der Waals surface area contributed by atoms with Crippen molar-refractivity contribution in [1.82, 2.24) is 4.90 Å². The Balaban J connectivity index is 1.66. The molecule has 0 spiro atoms. The van der Waals surface area contributed by atoms with Crippen LogP contribution in [0.3, 0.4) is 0 Å². The quantitative estimate of drug-likeness (QED) is 0.306. The van der Waals surface area contributed by atoms with Crippen molar-refractivity contribution in [2.75, 3.05) is 6.61 Å². The second-order valence-corrected chi connectivity index (χ2v) is 8.28. The Morgan fingerprint density at radius 1 is 1.00 bits per heavy atom. The summed E-state index contributed by atoms with van der Waals surface area (Å²) in [5.74, 6) is 0.719. The summed E-state index contributed by atoms with van der Waals surface area (Å²) in [5, 5.41) is 0.676. The van der Waals surface area contributed by atoms with Gasteiger partial charge in [0.1, 0.15) is 12.4 Å². The van der Waals surface area contributed by atoms with Crippen LogP contribution >= 0.6 is 11.8 Å². The van der Waals surface area contributed by atoms with Gasteiger partial charge in [-0.05, 0) is 60.2 Å². The molecular weight excluding hydrogens is 416 g/mol. The summed E-state index contributed by atoms with van der Waals surface area (Å²) in [6.45, 7) is 6.15. The van der Waals surface area contributed by atoms with E-state index in [1.807, 2.05) is 97.9 Å². The van der Waals surface area contributed by atoms with E-state index >= 15 is 0 Å². The molecule has 0 aromatic heterocycles. The lowest BCUT2D eigenvalue weighted by molar-refractivity contribution is -0.123. The summed E-state index contributed by atoms with van der Waals surface area (Å²) in [5.41, 5.74) is 2.81. The van der Waals surface area contributed by atoms with E-state index in [-0.39, 0.29) is 11.9 Å². The van der Waals surface area contributed by atoms with Gasteiger partial charge in [-0.3, -0.25) is 9.69 Å². The molecule has 1 saturated heterocycles.